The third kappa shape index (κ3) is 4.50. The second kappa shape index (κ2) is 8.01. The van der Waals surface area contributed by atoms with Gasteiger partial charge >= 0.3 is 0 Å². The Hall–Kier alpha value is -2.56. The molecule has 2 aromatic carbocycles. The lowest BCUT2D eigenvalue weighted by Crippen LogP contribution is -2.14. The number of phenols is 3. The van der Waals surface area contributed by atoms with Crippen molar-refractivity contribution in [3.63, 3.8) is 0 Å². The lowest BCUT2D eigenvalue weighted by atomic mass is 9.85. The second-order valence-electron chi connectivity index (χ2n) is 6.52. The zero-order chi connectivity index (χ0) is 18.6. The van der Waals surface area contributed by atoms with Crippen LogP contribution in [-0.2, 0) is 12.8 Å². The molecule has 0 saturated heterocycles. The minimum Gasteiger partial charge on any atom is -0.508 e. The van der Waals surface area contributed by atoms with E-state index in [-0.39, 0.29) is 23.2 Å². The van der Waals surface area contributed by atoms with E-state index in [2.05, 4.69) is 13.8 Å². The van der Waals surface area contributed by atoms with Crippen molar-refractivity contribution in [1.29, 1.82) is 0 Å². The van der Waals surface area contributed by atoms with E-state index in [4.69, 9.17) is 9.47 Å². The van der Waals surface area contributed by atoms with E-state index in [1.807, 2.05) is 6.07 Å². The molecule has 0 radical (unpaired) electrons. The van der Waals surface area contributed by atoms with Crippen molar-refractivity contribution >= 4 is 0 Å². The smallest absolute Gasteiger partial charge is 0.161 e. The van der Waals surface area contributed by atoms with Crippen LogP contribution in [0.5, 0.6) is 28.7 Å². The summed E-state index contributed by atoms with van der Waals surface area (Å²) in [4.78, 5) is 0. The molecule has 0 aromatic heterocycles. The molecule has 2 atom stereocenters. The fraction of sp³-hybridized carbons (Fsp3) is 0.400. The Morgan fingerprint density at radius 1 is 0.760 bits per heavy atom. The summed E-state index contributed by atoms with van der Waals surface area (Å²) < 4.78 is 10.2. The lowest BCUT2D eigenvalue weighted by molar-refractivity contribution is 0.357. The van der Waals surface area contributed by atoms with Crippen LogP contribution in [0, 0.1) is 11.8 Å². The standard InChI is InChI=1S/C20H26O5/c1-12(7-14-5-6-19(24-3)17(22)9-14)13(2)8-15-10-20(25-4)18(23)11-16(15)21/h5-6,9-13,21-23H,7-8H2,1-4H3/t12-,13-/m0/s1. The van der Waals surface area contributed by atoms with E-state index in [9.17, 15) is 15.3 Å². The summed E-state index contributed by atoms with van der Waals surface area (Å²) >= 11 is 0. The van der Waals surface area contributed by atoms with Gasteiger partial charge in [0.1, 0.15) is 5.75 Å². The number of aromatic hydroxyl groups is 3. The van der Waals surface area contributed by atoms with Crippen molar-refractivity contribution in [1.82, 2.24) is 0 Å². The molecule has 0 amide bonds. The van der Waals surface area contributed by atoms with Crippen molar-refractivity contribution in [3.8, 4) is 28.7 Å². The largest absolute Gasteiger partial charge is 0.508 e. The fourth-order valence-corrected chi connectivity index (χ4v) is 2.91. The van der Waals surface area contributed by atoms with E-state index in [1.54, 1.807) is 18.2 Å². The van der Waals surface area contributed by atoms with Crippen molar-refractivity contribution in [3.05, 3.63) is 41.5 Å². The highest BCUT2D eigenvalue weighted by molar-refractivity contribution is 5.49. The zero-order valence-corrected chi connectivity index (χ0v) is 15.1. The van der Waals surface area contributed by atoms with Gasteiger partial charge in [0.2, 0.25) is 0 Å². The molecule has 0 aliphatic rings. The van der Waals surface area contributed by atoms with E-state index >= 15 is 0 Å². The summed E-state index contributed by atoms with van der Waals surface area (Å²) in [5, 5.41) is 29.7. The molecule has 25 heavy (non-hydrogen) atoms. The van der Waals surface area contributed by atoms with Gasteiger partial charge < -0.3 is 24.8 Å². The second-order valence-corrected chi connectivity index (χ2v) is 6.52. The molecule has 0 aliphatic carbocycles. The van der Waals surface area contributed by atoms with Crippen LogP contribution in [0.3, 0.4) is 0 Å². The van der Waals surface area contributed by atoms with Gasteiger partial charge in [-0.25, -0.2) is 0 Å². The minimum absolute atomic E-state index is 0.0689. The average Bonchev–Trinajstić information content (AvgIpc) is 2.57. The van der Waals surface area contributed by atoms with Gasteiger partial charge in [-0.3, -0.25) is 0 Å². The van der Waals surface area contributed by atoms with Gasteiger partial charge in [-0.15, -0.1) is 0 Å². The van der Waals surface area contributed by atoms with Crippen molar-refractivity contribution in [2.24, 2.45) is 11.8 Å². The molecule has 3 N–H and O–H groups in total. The Balaban J connectivity index is 2.07. The maximum absolute atomic E-state index is 10.1. The SMILES string of the molecule is COc1ccc(C[C@H](C)[C@@H](C)Cc2cc(OC)c(O)cc2O)cc1O. The summed E-state index contributed by atoms with van der Waals surface area (Å²) in [6.45, 7) is 4.26. The molecular weight excluding hydrogens is 320 g/mol. The quantitative estimate of drug-likeness (QED) is 0.709. The Morgan fingerprint density at radius 3 is 1.96 bits per heavy atom. The molecule has 136 valence electrons. The number of ether oxygens (including phenoxy) is 2. The van der Waals surface area contributed by atoms with Gasteiger partial charge in [-0.05, 0) is 54.0 Å². The van der Waals surface area contributed by atoms with Gasteiger partial charge in [0.25, 0.3) is 0 Å². The third-order valence-corrected chi connectivity index (χ3v) is 4.69. The first kappa shape index (κ1) is 18.8. The average molecular weight is 346 g/mol. The van der Waals surface area contributed by atoms with E-state index in [0.29, 0.717) is 23.8 Å². The summed E-state index contributed by atoms with van der Waals surface area (Å²) in [6.07, 6.45) is 1.46. The van der Waals surface area contributed by atoms with Gasteiger partial charge in [0.05, 0.1) is 14.2 Å². The molecule has 0 heterocycles. The van der Waals surface area contributed by atoms with Crippen LogP contribution >= 0.6 is 0 Å². The van der Waals surface area contributed by atoms with Crippen molar-refractivity contribution in [2.45, 2.75) is 26.7 Å². The summed E-state index contributed by atoms with van der Waals surface area (Å²) in [7, 11) is 3.01. The molecule has 0 unspecified atom stereocenters. The van der Waals surface area contributed by atoms with Crippen LogP contribution in [0.2, 0.25) is 0 Å². The topological polar surface area (TPSA) is 79.2 Å². The predicted octanol–water partition coefficient (Wildman–Crippen LogP) is 3.88. The number of hydrogen-bond donors (Lipinski definition) is 3. The van der Waals surface area contributed by atoms with Crippen LogP contribution in [0.15, 0.2) is 30.3 Å². The Labute approximate surface area is 148 Å². The molecule has 5 nitrogen and oxygen atoms in total. The molecule has 2 aromatic rings. The Bertz CT molecular complexity index is 726. The van der Waals surface area contributed by atoms with Crippen LogP contribution in [0.1, 0.15) is 25.0 Å². The molecule has 5 heteroatoms. The maximum atomic E-state index is 10.1. The van der Waals surface area contributed by atoms with Crippen LogP contribution in [0.25, 0.3) is 0 Å². The third-order valence-electron chi connectivity index (χ3n) is 4.69. The molecular formula is C20H26O5. The number of methoxy groups -OCH3 is 2. The first-order valence-corrected chi connectivity index (χ1v) is 8.30. The van der Waals surface area contributed by atoms with Gasteiger partial charge in [-0.1, -0.05) is 19.9 Å². The number of hydrogen-bond acceptors (Lipinski definition) is 5. The Morgan fingerprint density at radius 2 is 1.36 bits per heavy atom. The summed E-state index contributed by atoms with van der Waals surface area (Å²) in [6, 6.07) is 8.42. The van der Waals surface area contributed by atoms with E-state index in [1.165, 1.54) is 20.3 Å². The highest BCUT2D eigenvalue weighted by atomic mass is 16.5. The molecule has 0 aliphatic heterocycles. The van der Waals surface area contributed by atoms with Gasteiger partial charge in [0, 0.05) is 6.07 Å². The normalized spacial score (nSPS) is 13.3. The highest BCUT2D eigenvalue weighted by Gasteiger charge is 2.18. The molecule has 0 spiro atoms. The molecule has 2 rings (SSSR count). The predicted molar refractivity (Wildman–Crippen MR) is 96.7 cm³/mol. The van der Waals surface area contributed by atoms with E-state index < -0.39 is 0 Å². The van der Waals surface area contributed by atoms with Crippen LogP contribution in [-0.4, -0.2) is 29.5 Å². The zero-order valence-electron chi connectivity index (χ0n) is 15.1. The Kier molecular flexibility index (Phi) is 6.02. The maximum Gasteiger partial charge on any atom is 0.161 e. The fourth-order valence-electron chi connectivity index (χ4n) is 2.91. The van der Waals surface area contributed by atoms with Crippen molar-refractivity contribution in [2.75, 3.05) is 14.2 Å². The number of phenolic OH excluding ortho intramolecular Hbond substituents is 3. The molecule has 0 saturated carbocycles. The molecule has 0 fully saturated rings. The van der Waals surface area contributed by atoms with Crippen LogP contribution in [0.4, 0.5) is 0 Å². The first-order chi connectivity index (χ1) is 11.8. The van der Waals surface area contributed by atoms with Crippen LogP contribution < -0.4 is 9.47 Å². The summed E-state index contributed by atoms with van der Waals surface area (Å²) in [5.74, 6) is 1.56. The highest BCUT2D eigenvalue weighted by Crippen LogP contribution is 2.35. The lowest BCUT2D eigenvalue weighted by Gasteiger charge is -2.21. The van der Waals surface area contributed by atoms with Gasteiger partial charge in [-0.2, -0.15) is 0 Å². The first-order valence-electron chi connectivity index (χ1n) is 8.30. The van der Waals surface area contributed by atoms with Crippen molar-refractivity contribution < 1.29 is 24.8 Å². The number of benzene rings is 2. The minimum atomic E-state index is -0.0711. The molecule has 0 bridgehead atoms. The number of rotatable bonds is 7. The van der Waals surface area contributed by atoms with Gasteiger partial charge in [0.15, 0.2) is 23.0 Å². The summed E-state index contributed by atoms with van der Waals surface area (Å²) in [5.41, 5.74) is 1.77. The van der Waals surface area contributed by atoms with E-state index in [0.717, 1.165) is 17.5 Å². The monoisotopic (exact) mass is 346 g/mol.